The maximum absolute atomic E-state index is 12.0. The van der Waals surface area contributed by atoms with E-state index in [2.05, 4.69) is 10.4 Å². The first-order valence-electron chi connectivity index (χ1n) is 5.03. The molecule has 0 atom stereocenters. The summed E-state index contributed by atoms with van der Waals surface area (Å²) in [4.78, 5) is 12.0. The number of nitrogens with zero attached hydrogens (tertiary/aromatic N) is 2. The molecular weight excluding hydrogens is 275 g/mol. The molecule has 0 unspecified atom stereocenters. The van der Waals surface area contributed by atoms with Gasteiger partial charge in [-0.25, -0.2) is 0 Å². The number of benzene rings is 1. The monoisotopic (exact) mass is 284 g/mol. The molecule has 18 heavy (non-hydrogen) atoms. The minimum Gasteiger partial charge on any atom is -0.394 e. The summed E-state index contributed by atoms with van der Waals surface area (Å²) in [6.07, 6.45) is 1.46. The molecule has 0 radical (unpaired) electrons. The summed E-state index contributed by atoms with van der Waals surface area (Å²) in [6, 6.07) is 4.63. The van der Waals surface area contributed by atoms with E-state index in [4.69, 9.17) is 28.9 Å². The maximum atomic E-state index is 12.0. The normalized spacial score (nSPS) is 10.4. The summed E-state index contributed by atoms with van der Waals surface area (Å²) < 4.78 is 1.48. The Hall–Kier alpha value is -1.72. The molecule has 1 aromatic carbocycles. The second-order valence-electron chi connectivity index (χ2n) is 3.66. The Bertz CT molecular complexity index is 590. The first-order valence-corrected chi connectivity index (χ1v) is 5.78. The lowest BCUT2D eigenvalue weighted by Crippen LogP contribution is -2.15. The number of nitrogen functional groups attached to an aromatic ring is 1. The van der Waals surface area contributed by atoms with Crippen molar-refractivity contribution in [1.82, 2.24) is 9.78 Å². The molecule has 0 saturated carbocycles. The molecule has 1 aromatic heterocycles. The smallest absolute Gasteiger partial charge is 0.256 e. The zero-order valence-electron chi connectivity index (χ0n) is 9.45. The molecule has 0 saturated heterocycles. The van der Waals surface area contributed by atoms with Crippen molar-refractivity contribution in [3.8, 4) is 0 Å². The molecule has 1 amide bonds. The number of hydrogen-bond acceptors (Lipinski definition) is 3. The van der Waals surface area contributed by atoms with Crippen molar-refractivity contribution in [2.45, 2.75) is 0 Å². The summed E-state index contributed by atoms with van der Waals surface area (Å²) >= 11 is 11.6. The van der Waals surface area contributed by atoms with Crippen molar-refractivity contribution in [2.24, 2.45) is 7.05 Å². The van der Waals surface area contributed by atoms with Crippen LogP contribution in [0.25, 0.3) is 0 Å². The van der Waals surface area contributed by atoms with Gasteiger partial charge in [-0.05, 0) is 18.2 Å². The summed E-state index contributed by atoms with van der Waals surface area (Å²) in [5.74, 6) is 0.106. The number of halogens is 2. The highest BCUT2D eigenvalue weighted by atomic mass is 35.5. The Kier molecular flexibility index (Phi) is 3.45. The molecular formula is C11H10Cl2N4O. The van der Waals surface area contributed by atoms with Crippen LogP contribution in [0.1, 0.15) is 10.4 Å². The van der Waals surface area contributed by atoms with Crippen molar-refractivity contribution in [3.63, 3.8) is 0 Å². The lowest BCUT2D eigenvalue weighted by molar-refractivity contribution is 0.102. The lowest BCUT2D eigenvalue weighted by Gasteiger charge is -2.07. The quantitative estimate of drug-likeness (QED) is 0.890. The van der Waals surface area contributed by atoms with Gasteiger partial charge in [0.15, 0.2) is 5.82 Å². The third-order valence-electron chi connectivity index (χ3n) is 2.38. The van der Waals surface area contributed by atoms with Crippen LogP contribution < -0.4 is 11.1 Å². The van der Waals surface area contributed by atoms with Gasteiger partial charge in [-0.15, -0.1) is 0 Å². The molecule has 94 valence electrons. The number of nitrogens with one attached hydrogen (secondary N) is 1. The molecule has 0 fully saturated rings. The predicted octanol–water partition coefficient (Wildman–Crippen LogP) is 2.56. The first-order chi connectivity index (χ1) is 8.49. The van der Waals surface area contributed by atoms with Crippen molar-refractivity contribution in [3.05, 3.63) is 40.0 Å². The van der Waals surface area contributed by atoms with Gasteiger partial charge in [0.2, 0.25) is 0 Å². The number of carbonyl (C=O) groups excluding carboxylic acids is 1. The molecule has 0 aliphatic carbocycles. The topological polar surface area (TPSA) is 72.9 Å². The molecule has 1 heterocycles. The van der Waals surface area contributed by atoms with Gasteiger partial charge in [0.25, 0.3) is 5.91 Å². The van der Waals surface area contributed by atoms with E-state index >= 15 is 0 Å². The van der Waals surface area contributed by atoms with Gasteiger partial charge >= 0.3 is 0 Å². The lowest BCUT2D eigenvalue weighted by atomic mass is 10.2. The van der Waals surface area contributed by atoms with Gasteiger partial charge in [-0.1, -0.05) is 23.2 Å². The third-order valence-corrected chi connectivity index (χ3v) is 3.12. The van der Waals surface area contributed by atoms with E-state index in [1.807, 2.05) is 0 Å². The minimum absolute atomic E-state index is 0.322. The molecule has 2 rings (SSSR count). The average molecular weight is 285 g/mol. The van der Waals surface area contributed by atoms with Gasteiger partial charge in [0, 0.05) is 12.6 Å². The number of rotatable bonds is 2. The minimum atomic E-state index is -0.330. The summed E-state index contributed by atoms with van der Waals surface area (Å²) in [7, 11) is 1.68. The van der Waals surface area contributed by atoms with Gasteiger partial charge in [0.05, 0.1) is 21.9 Å². The number of amides is 1. The fourth-order valence-corrected chi connectivity index (χ4v) is 1.72. The Morgan fingerprint density at radius 3 is 2.67 bits per heavy atom. The molecule has 7 heteroatoms. The molecule has 2 aromatic rings. The van der Waals surface area contributed by atoms with Crippen LogP contribution in [0.5, 0.6) is 0 Å². The number of anilines is 2. The summed E-state index contributed by atoms with van der Waals surface area (Å²) in [5, 5.41) is 7.30. The Morgan fingerprint density at radius 1 is 1.39 bits per heavy atom. The highest BCUT2D eigenvalue weighted by molar-refractivity contribution is 6.42. The van der Waals surface area contributed by atoms with E-state index in [9.17, 15) is 4.79 Å². The molecule has 0 bridgehead atoms. The van der Waals surface area contributed by atoms with Crippen molar-refractivity contribution in [2.75, 3.05) is 11.1 Å². The number of aromatic nitrogens is 2. The molecule has 3 N–H and O–H groups in total. The number of nitrogens with two attached hydrogens (primary N) is 1. The van der Waals surface area contributed by atoms with E-state index in [1.165, 1.54) is 16.9 Å². The molecule has 0 aliphatic rings. The number of carbonyl (C=O) groups is 1. The Morgan fingerprint density at radius 2 is 2.11 bits per heavy atom. The first kappa shape index (κ1) is 12.7. The second-order valence-corrected chi connectivity index (χ2v) is 4.47. The fourth-order valence-electron chi connectivity index (χ4n) is 1.42. The van der Waals surface area contributed by atoms with E-state index in [-0.39, 0.29) is 5.91 Å². The molecule has 0 spiro atoms. The maximum Gasteiger partial charge on any atom is 0.256 e. The van der Waals surface area contributed by atoms with E-state index in [0.717, 1.165) is 0 Å². The number of hydrogen-bond donors (Lipinski definition) is 2. The predicted molar refractivity (Wildman–Crippen MR) is 72.0 cm³/mol. The highest BCUT2D eigenvalue weighted by Gasteiger charge is 2.12. The summed E-state index contributed by atoms with van der Waals surface area (Å²) in [5.41, 5.74) is 6.46. The van der Waals surface area contributed by atoms with Crippen molar-refractivity contribution >= 4 is 40.6 Å². The molecule has 5 nitrogen and oxygen atoms in total. The van der Waals surface area contributed by atoms with Crippen molar-refractivity contribution < 1.29 is 4.79 Å². The van der Waals surface area contributed by atoms with Crippen LogP contribution in [0.4, 0.5) is 11.5 Å². The number of aryl methyl sites for hydroxylation is 1. The Labute approximate surface area is 113 Å². The SMILES string of the molecule is Cn1ncc(N)c1NC(=O)c1ccc(Cl)c(Cl)c1. The van der Waals surface area contributed by atoms with Crippen LogP contribution in [0, 0.1) is 0 Å². The highest BCUT2D eigenvalue weighted by Crippen LogP contribution is 2.23. The Balaban J connectivity index is 2.25. The van der Waals surface area contributed by atoms with Crippen LogP contribution >= 0.6 is 23.2 Å². The van der Waals surface area contributed by atoms with Crippen LogP contribution in [-0.2, 0) is 7.05 Å². The largest absolute Gasteiger partial charge is 0.394 e. The standard InChI is InChI=1S/C11H10Cl2N4O/c1-17-10(9(14)5-15-17)16-11(18)6-2-3-7(12)8(13)4-6/h2-5H,14H2,1H3,(H,16,18). The zero-order chi connectivity index (χ0) is 13.3. The molecule has 0 aliphatic heterocycles. The van der Waals surface area contributed by atoms with Gasteiger partial charge in [-0.3, -0.25) is 9.48 Å². The second kappa shape index (κ2) is 4.88. The fraction of sp³-hybridized carbons (Fsp3) is 0.0909. The van der Waals surface area contributed by atoms with Crippen LogP contribution in [-0.4, -0.2) is 15.7 Å². The van der Waals surface area contributed by atoms with Gasteiger partial charge in [-0.2, -0.15) is 5.10 Å². The van der Waals surface area contributed by atoms with Crippen LogP contribution in [0.2, 0.25) is 10.0 Å². The average Bonchev–Trinajstić information content (AvgIpc) is 2.64. The van der Waals surface area contributed by atoms with Crippen molar-refractivity contribution in [1.29, 1.82) is 0 Å². The van der Waals surface area contributed by atoms with E-state index < -0.39 is 0 Å². The van der Waals surface area contributed by atoms with Crippen LogP contribution in [0.15, 0.2) is 24.4 Å². The summed E-state index contributed by atoms with van der Waals surface area (Å²) in [6.45, 7) is 0. The van der Waals surface area contributed by atoms with Gasteiger partial charge < -0.3 is 11.1 Å². The van der Waals surface area contributed by atoms with Gasteiger partial charge in [0.1, 0.15) is 0 Å². The third kappa shape index (κ3) is 2.42. The zero-order valence-corrected chi connectivity index (χ0v) is 11.0. The van der Waals surface area contributed by atoms with E-state index in [1.54, 1.807) is 19.2 Å². The van der Waals surface area contributed by atoms with E-state index in [0.29, 0.717) is 27.1 Å². The van der Waals surface area contributed by atoms with Crippen LogP contribution in [0.3, 0.4) is 0 Å².